The number of anilines is 3. The Morgan fingerprint density at radius 2 is 2.14 bits per heavy atom. The second-order valence-corrected chi connectivity index (χ2v) is 7.05. The number of thiazole rings is 1. The molecule has 2 heterocycles. The van der Waals surface area contributed by atoms with E-state index in [1.807, 2.05) is 18.2 Å². The van der Waals surface area contributed by atoms with Gasteiger partial charge >= 0.3 is 0 Å². The summed E-state index contributed by atoms with van der Waals surface area (Å²) in [5, 5.41) is 14.8. The molecule has 0 saturated carbocycles. The molecule has 0 unspecified atom stereocenters. The molecule has 0 radical (unpaired) electrons. The van der Waals surface area contributed by atoms with Crippen molar-refractivity contribution in [1.29, 1.82) is 0 Å². The average molecular weight is 394 g/mol. The summed E-state index contributed by atoms with van der Waals surface area (Å²) in [5.74, 6) is -0.491. The van der Waals surface area contributed by atoms with Crippen LogP contribution in [0.2, 0.25) is 0 Å². The van der Waals surface area contributed by atoms with Crippen LogP contribution in [0.5, 0.6) is 0 Å². The van der Waals surface area contributed by atoms with E-state index in [1.54, 1.807) is 25.4 Å². The van der Waals surface area contributed by atoms with E-state index in [0.29, 0.717) is 10.7 Å². The second kappa shape index (κ2) is 6.74. The fraction of sp³-hybridized carbons (Fsp3) is 0.0556. The van der Waals surface area contributed by atoms with Crippen molar-refractivity contribution in [3.63, 3.8) is 0 Å². The van der Waals surface area contributed by atoms with Crippen molar-refractivity contribution in [2.24, 2.45) is 0 Å². The number of H-pyrrole nitrogens is 1. The maximum absolute atomic E-state index is 13.0. The quantitative estimate of drug-likeness (QED) is 0.266. The fourth-order valence-electron chi connectivity index (χ4n) is 2.90. The normalized spacial score (nSPS) is 10.9. The standard InChI is InChI=1S/C18H14N6O3S/c1-9-3-2-4-13(24(26)27)14(9)15(25)16-17(19)23-18(28-16)22-10-5-6-11-12(7-10)21-8-20-11/h2-8H,19H2,1H3,(H,20,21)(H,22,23). The lowest BCUT2D eigenvalue weighted by molar-refractivity contribution is -0.385. The van der Waals surface area contributed by atoms with Gasteiger partial charge in [0.05, 0.1) is 22.3 Å². The highest BCUT2D eigenvalue weighted by molar-refractivity contribution is 7.18. The van der Waals surface area contributed by atoms with E-state index in [9.17, 15) is 14.9 Å². The minimum Gasteiger partial charge on any atom is -0.382 e. The van der Waals surface area contributed by atoms with Gasteiger partial charge in [-0.25, -0.2) is 9.97 Å². The number of aromatic amines is 1. The van der Waals surface area contributed by atoms with E-state index < -0.39 is 10.7 Å². The van der Waals surface area contributed by atoms with Crippen LogP contribution in [0.4, 0.5) is 22.3 Å². The van der Waals surface area contributed by atoms with Crippen LogP contribution < -0.4 is 11.1 Å². The minimum absolute atomic E-state index is 0.0216. The van der Waals surface area contributed by atoms with E-state index in [1.165, 1.54) is 6.07 Å². The predicted molar refractivity (Wildman–Crippen MR) is 107 cm³/mol. The molecule has 10 heteroatoms. The first-order valence-corrected chi connectivity index (χ1v) is 9.01. The number of ketones is 1. The maximum atomic E-state index is 13.0. The molecule has 0 fully saturated rings. The largest absolute Gasteiger partial charge is 0.382 e. The smallest absolute Gasteiger partial charge is 0.280 e. The minimum atomic E-state index is -0.573. The number of nitrogen functional groups attached to an aromatic ring is 1. The molecule has 0 aliphatic heterocycles. The molecule has 0 saturated heterocycles. The predicted octanol–water partition coefficient (Wildman–Crippen LogP) is 3.79. The van der Waals surface area contributed by atoms with Crippen LogP contribution in [0, 0.1) is 17.0 Å². The maximum Gasteiger partial charge on any atom is 0.280 e. The van der Waals surface area contributed by atoms with Crippen molar-refractivity contribution in [2.75, 3.05) is 11.1 Å². The Morgan fingerprint density at radius 1 is 1.32 bits per heavy atom. The molecule has 140 valence electrons. The van der Waals surface area contributed by atoms with E-state index in [0.717, 1.165) is 28.1 Å². The SMILES string of the molecule is Cc1cccc([N+](=O)[O-])c1C(=O)c1sc(Nc2ccc3nc[nH]c3c2)nc1N. The van der Waals surface area contributed by atoms with Crippen molar-refractivity contribution in [3.8, 4) is 0 Å². The van der Waals surface area contributed by atoms with Crippen molar-refractivity contribution >= 4 is 50.5 Å². The molecule has 2 aromatic heterocycles. The summed E-state index contributed by atoms with van der Waals surface area (Å²) in [5.41, 5.74) is 8.63. The molecular weight excluding hydrogens is 380 g/mol. The zero-order valence-electron chi connectivity index (χ0n) is 14.6. The highest BCUT2D eigenvalue weighted by Gasteiger charge is 2.27. The first-order chi connectivity index (χ1) is 13.4. The number of nitrogens with one attached hydrogen (secondary N) is 2. The summed E-state index contributed by atoms with van der Waals surface area (Å²) >= 11 is 1.05. The fourth-order valence-corrected chi connectivity index (χ4v) is 3.75. The van der Waals surface area contributed by atoms with Crippen LogP contribution in [0.3, 0.4) is 0 Å². The zero-order valence-corrected chi connectivity index (χ0v) is 15.4. The number of hydrogen-bond donors (Lipinski definition) is 3. The molecule has 0 aliphatic rings. The molecular formula is C18H14N6O3S. The number of aromatic nitrogens is 3. The highest BCUT2D eigenvalue weighted by Crippen LogP contribution is 2.33. The molecule has 0 aliphatic carbocycles. The van der Waals surface area contributed by atoms with E-state index >= 15 is 0 Å². The lowest BCUT2D eigenvalue weighted by Crippen LogP contribution is -2.08. The van der Waals surface area contributed by atoms with Gasteiger partial charge in [-0.05, 0) is 30.7 Å². The van der Waals surface area contributed by atoms with Crippen LogP contribution in [0.25, 0.3) is 11.0 Å². The van der Waals surface area contributed by atoms with Gasteiger partial charge in [0.1, 0.15) is 16.3 Å². The van der Waals surface area contributed by atoms with Gasteiger partial charge in [-0.15, -0.1) is 0 Å². The van der Waals surface area contributed by atoms with Crippen molar-refractivity contribution < 1.29 is 9.72 Å². The number of benzene rings is 2. The number of nitrogens with two attached hydrogens (primary N) is 1. The topological polar surface area (TPSA) is 140 Å². The lowest BCUT2D eigenvalue weighted by Gasteiger charge is -2.04. The number of aryl methyl sites for hydroxylation is 1. The Morgan fingerprint density at radius 3 is 2.93 bits per heavy atom. The Hall–Kier alpha value is -3.79. The van der Waals surface area contributed by atoms with Gasteiger partial charge in [0.25, 0.3) is 5.69 Å². The molecule has 28 heavy (non-hydrogen) atoms. The number of nitro benzene ring substituents is 1. The van der Waals surface area contributed by atoms with Gasteiger partial charge in [-0.2, -0.15) is 0 Å². The van der Waals surface area contributed by atoms with E-state index in [-0.39, 0.29) is 21.9 Å². The Bertz CT molecular complexity index is 1230. The third-order valence-corrected chi connectivity index (χ3v) is 5.19. The number of nitrogens with zero attached hydrogens (tertiary/aromatic N) is 3. The van der Waals surface area contributed by atoms with Crippen molar-refractivity contribution in [1.82, 2.24) is 15.0 Å². The average Bonchev–Trinajstić information content (AvgIpc) is 3.26. The Labute approximate surface area is 162 Å². The van der Waals surface area contributed by atoms with Crippen LogP contribution in [-0.2, 0) is 0 Å². The first-order valence-electron chi connectivity index (χ1n) is 8.19. The van der Waals surface area contributed by atoms with Gasteiger partial charge in [0, 0.05) is 11.8 Å². The number of carbonyl (C=O) groups excluding carboxylic acids is 1. The molecule has 0 spiro atoms. The van der Waals surface area contributed by atoms with Crippen LogP contribution in [0.1, 0.15) is 20.8 Å². The summed E-state index contributed by atoms with van der Waals surface area (Å²) in [6, 6.07) is 10.0. The lowest BCUT2D eigenvalue weighted by atomic mass is 10.0. The van der Waals surface area contributed by atoms with Gasteiger partial charge in [0.2, 0.25) is 5.78 Å². The number of rotatable bonds is 5. The van der Waals surface area contributed by atoms with Gasteiger partial charge in [0.15, 0.2) is 5.13 Å². The Kier molecular flexibility index (Phi) is 4.24. The molecule has 0 amide bonds. The number of fused-ring (bicyclic) bond motifs is 1. The van der Waals surface area contributed by atoms with Crippen LogP contribution in [-0.4, -0.2) is 25.7 Å². The van der Waals surface area contributed by atoms with Crippen molar-refractivity contribution in [2.45, 2.75) is 6.92 Å². The summed E-state index contributed by atoms with van der Waals surface area (Å²) in [7, 11) is 0. The number of hydrogen-bond acceptors (Lipinski definition) is 8. The van der Waals surface area contributed by atoms with Gasteiger partial charge in [-0.1, -0.05) is 23.5 Å². The number of imidazole rings is 1. The van der Waals surface area contributed by atoms with Gasteiger partial charge in [-0.3, -0.25) is 14.9 Å². The number of nitro groups is 1. The molecule has 4 rings (SSSR count). The van der Waals surface area contributed by atoms with Gasteiger partial charge < -0.3 is 16.0 Å². The molecule has 9 nitrogen and oxygen atoms in total. The third-order valence-electron chi connectivity index (χ3n) is 4.21. The van der Waals surface area contributed by atoms with Crippen LogP contribution in [0.15, 0.2) is 42.7 Å². The van der Waals surface area contributed by atoms with E-state index in [2.05, 4.69) is 20.3 Å². The molecule has 0 atom stereocenters. The summed E-state index contributed by atoms with van der Waals surface area (Å²) < 4.78 is 0. The third kappa shape index (κ3) is 3.05. The highest BCUT2D eigenvalue weighted by atomic mass is 32.1. The summed E-state index contributed by atoms with van der Waals surface area (Å²) in [6.45, 7) is 1.65. The van der Waals surface area contributed by atoms with E-state index in [4.69, 9.17) is 5.73 Å². The first kappa shape index (κ1) is 17.6. The molecule has 2 aromatic carbocycles. The summed E-state index contributed by atoms with van der Waals surface area (Å²) in [4.78, 5) is 35.2. The molecule has 0 bridgehead atoms. The molecule has 4 aromatic rings. The zero-order chi connectivity index (χ0) is 19.8. The monoisotopic (exact) mass is 394 g/mol. The second-order valence-electron chi connectivity index (χ2n) is 6.05. The van der Waals surface area contributed by atoms with Crippen molar-refractivity contribution in [3.05, 3.63) is 68.8 Å². The Balaban J connectivity index is 1.68. The van der Waals surface area contributed by atoms with Crippen LogP contribution >= 0.6 is 11.3 Å². The molecule has 4 N–H and O–H groups in total. The number of carbonyl (C=O) groups is 1. The summed E-state index contributed by atoms with van der Waals surface area (Å²) in [6.07, 6.45) is 1.60.